The summed E-state index contributed by atoms with van der Waals surface area (Å²) in [7, 11) is -15.0. The molecule has 15 nitrogen and oxygen atoms in total. The van der Waals surface area contributed by atoms with Crippen LogP contribution in [0.2, 0.25) is 0 Å². The zero-order valence-corrected chi connectivity index (χ0v) is 25.2. The summed E-state index contributed by atoms with van der Waals surface area (Å²) in [5.74, 6) is -1.70. The molecule has 0 fully saturated rings. The molecule has 0 bridgehead atoms. The molecule has 4 rings (SSSR count). The molecular weight excluding hydrogens is 641 g/mol. The van der Waals surface area contributed by atoms with Gasteiger partial charge in [0.05, 0.1) is 17.1 Å². The van der Waals surface area contributed by atoms with E-state index in [0.717, 1.165) is 31.0 Å². The van der Waals surface area contributed by atoms with E-state index in [4.69, 9.17) is 0 Å². The maximum absolute atomic E-state index is 12.6. The van der Waals surface area contributed by atoms with Crippen LogP contribution in [-0.4, -0.2) is 63.0 Å². The molecule has 0 unspecified atom stereocenters. The third-order valence-corrected chi connectivity index (χ3v) is 8.98. The third-order valence-electron chi connectivity index (χ3n) is 6.34. The summed E-state index contributed by atoms with van der Waals surface area (Å²) in [6.45, 7) is 2.20. The minimum atomic E-state index is -5.22. The highest BCUT2D eigenvalue weighted by Crippen LogP contribution is 2.45. The molecule has 0 saturated heterocycles. The quantitative estimate of drug-likeness (QED) is 0.0749. The van der Waals surface area contributed by atoms with Crippen molar-refractivity contribution in [2.75, 3.05) is 18.4 Å². The van der Waals surface area contributed by atoms with Crippen molar-refractivity contribution < 1.29 is 48.8 Å². The molecule has 0 aromatic heterocycles. The van der Waals surface area contributed by atoms with E-state index < -0.39 is 68.1 Å². The molecule has 4 aromatic carbocycles. The average molecular weight is 667 g/mol. The molecule has 0 saturated carbocycles. The number of carbonyl (C=O) groups excluding carboxylic acids is 1. The first-order chi connectivity index (χ1) is 20.5. The fraction of sp³-hybridized carbons (Fsp3) is 0.192. The number of fused-ring (bicyclic) bond motifs is 2. The summed E-state index contributed by atoms with van der Waals surface area (Å²) in [5.41, 5.74) is -1.75. The van der Waals surface area contributed by atoms with Crippen LogP contribution in [0, 0.1) is 0 Å². The number of azo groups is 1. The molecule has 0 aliphatic heterocycles. The maximum atomic E-state index is 12.6. The zero-order chi connectivity index (χ0) is 32.4. The number of phenols is 1. The van der Waals surface area contributed by atoms with E-state index in [9.17, 15) is 48.8 Å². The van der Waals surface area contributed by atoms with Gasteiger partial charge in [0.2, 0.25) is 5.91 Å². The van der Waals surface area contributed by atoms with Gasteiger partial charge in [0.25, 0.3) is 30.4 Å². The lowest BCUT2D eigenvalue weighted by Gasteiger charge is -2.15. The van der Waals surface area contributed by atoms with Crippen molar-refractivity contribution >= 4 is 74.9 Å². The number of hydrogen-bond acceptors (Lipinski definition) is 11. The van der Waals surface area contributed by atoms with E-state index in [2.05, 4.69) is 20.9 Å². The second-order valence-corrected chi connectivity index (χ2v) is 13.6. The molecule has 1 amide bonds. The van der Waals surface area contributed by atoms with Crippen LogP contribution < -0.4 is 10.6 Å². The van der Waals surface area contributed by atoms with Crippen LogP contribution in [0.25, 0.3) is 21.5 Å². The molecule has 6 N–H and O–H groups in total. The van der Waals surface area contributed by atoms with Gasteiger partial charge in [-0.05, 0) is 48.0 Å². The number of nitrogens with zero attached hydrogens (tertiary/aromatic N) is 2. The minimum absolute atomic E-state index is 0.0551. The highest BCUT2D eigenvalue weighted by atomic mass is 32.2. The van der Waals surface area contributed by atoms with Gasteiger partial charge in [-0.3, -0.25) is 18.5 Å². The Labute approximate surface area is 251 Å². The number of nitrogens with one attached hydrogen (secondary N) is 2. The number of hydrogen-bond donors (Lipinski definition) is 6. The Morgan fingerprint density at radius 1 is 0.841 bits per heavy atom. The van der Waals surface area contributed by atoms with Crippen LogP contribution in [0.5, 0.6) is 5.75 Å². The van der Waals surface area contributed by atoms with Gasteiger partial charge in [-0.15, -0.1) is 10.2 Å². The van der Waals surface area contributed by atoms with Crippen molar-refractivity contribution in [1.82, 2.24) is 5.32 Å². The number of benzene rings is 4. The Hall–Kier alpha value is -4.04. The number of amides is 1. The largest absolute Gasteiger partial charge is 0.505 e. The van der Waals surface area contributed by atoms with Gasteiger partial charge in [-0.1, -0.05) is 43.7 Å². The van der Waals surface area contributed by atoms with Gasteiger partial charge >= 0.3 is 0 Å². The summed E-state index contributed by atoms with van der Waals surface area (Å²) >= 11 is 0. The van der Waals surface area contributed by atoms with E-state index in [1.165, 1.54) is 18.2 Å². The van der Waals surface area contributed by atoms with Gasteiger partial charge in [0.15, 0.2) is 5.75 Å². The highest BCUT2D eigenvalue weighted by Gasteiger charge is 2.26. The lowest BCUT2D eigenvalue weighted by molar-refractivity contribution is -0.115. The van der Waals surface area contributed by atoms with E-state index in [0.29, 0.717) is 18.0 Å². The van der Waals surface area contributed by atoms with Crippen LogP contribution in [0.1, 0.15) is 19.8 Å². The Kier molecular flexibility index (Phi) is 9.35. The Bertz CT molecular complexity index is 2150. The number of anilines is 1. The van der Waals surface area contributed by atoms with Gasteiger partial charge in [-0.25, -0.2) is 0 Å². The minimum Gasteiger partial charge on any atom is -0.505 e. The number of aromatic hydroxyl groups is 1. The van der Waals surface area contributed by atoms with Gasteiger partial charge in [0, 0.05) is 10.8 Å². The van der Waals surface area contributed by atoms with Crippen molar-refractivity contribution in [3.63, 3.8) is 0 Å². The normalized spacial score (nSPS) is 12.7. The van der Waals surface area contributed by atoms with Crippen molar-refractivity contribution in [2.24, 2.45) is 10.2 Å². The average Bonchev–Trinajstić information content (AvgIpc) is 2.92. The smallest absolute Gasteiger partial charge is 0.297 e. The highest BCUT2D eigenvalue weighted by molar-refractivity contribution is 7.86. The molecule has 0 atom stereocenters. The van der Waals surface area contributed by atoms with Gasteiger partial charge in [0.1, 0.15) is 21.2 Å². The molecule has 0 aliphatic rings. The summed E-state index contributed by atoms with van der Waals surface area (Å²) < 4.78 is 103. The van der Waals surface area contributed by atoms with Crippen molar-refractivity contribution in [1.29, 1.82) is 0 Å². The first kappa shape index (κ1) is 32.9. The van der Waals surface area contributed by atoms with Crippen LogP contribution in [0.3, 0.4) is 0 Å². The SMILES string of the molecule is CCCCNCC(=O)Nc1cc(S(=O)(=O)O)cc2cc(S(=O)(=O)O)c(N=Nc3ccc4ccccc4c3S(=O)(=O)O)c(O)c12. The van der Waals surface area contributed by atoms with E-state index in [1.54, 1.807) is 12.1 Å². The van der Waals surface area contributed by atoms with Crippen LogP contribution >= 0.6 is 0 Å². The summed E-state index contributed by atoms with van der Waals surface area (Å²) in [6, 6.07) is 11.0. The van der Waals surface area contributed by atoms with Gasteiger partial charge in [-0.2, -0.15) is 25.3 Å². The van der Waals surface area contributed by atoms with Crippen molar-refractivity contribution in [3.8, 4) is 5.75 Å². The van der Waals surface area contributed by atoms with Crippen molar-refractivity contribution in [3.05, 3.63) is 54.6 Å². The number of carbonyl (C=O) groups is 1. The Morgan fingerprint density at radius 2 is 1.55 bits per heavy atom. The van der Waals surface area contributed by atoms with E-state index in [-0.39, 0.29) is 28.4 Å². The van der Waals surface area contributed by atoms with Crippen LogP contribution in [0.4, 0.5) is 17.1 Å². The molecule has 0 spiro atoms. The fourth-order valence-corrected chi connectivity index (χ4v) is 6.42. The fourth-order valence-electron chi connectivity index (χ4n) is 4.38. The Balaban J connectivity index is 1.97. The first-order valence-corrected chi connectivity index (χ1v) is 17.0. The lowest BCUT2D eigenvalue weighted by Crippen LogP contribution is -2.28. The molecule has 18 heteroatoms. The third kappa shape index (κ3) is 7.18. The van der Waals surface area contributed by atoms with E-state index >= 15 is 0 Å². The predicted octanol–water partition coefficient (Wildman–Crippen LogP) is 4.18. The van der Waals surface area contributed by atoms with Crippen molar-refractivity contribution in [2.45, 2.75) is 34.5 Å². The second-order valence-electron chi connectivity index (χ2n) is 9.48. The van der Waals surface area contributed by atoms with Gasteiger partial charge < -0.3 is 15.7 Å². The maximum Gasteiger partial charge on any atom is 0.297 e. The molecule has 44 heavy (non-hydrogen) atoms. The molecular formula is C26H26N4O11S3. The Morgan fingerprint density at radius 3 is 2.18 bits per heavy atom. The molecule has 0 heterocycles. The van der Waals surface area contributed by atoms with E-state index in [1.807, 2.05) is 6.92 Å². The number of phenolic OH excluding ortho intramolecular Hbond substituents is 1. The predicted molar refractivity (Wildman–Crippen MR) is 160 cm³/mol. The lowest BCUT2D eigenvalue weighted by atomic mass is 10.1. The molecule has 0 aliphatic carbocycles. The second kappa shape index (κ2) is 12.5. The molecule has 0 radical (unpaired) electrons. The monoisotopic (exact) mass is 666 g/mol. The number of rotatable bonds is 11. The van der Waals surface area contributed by atoms with Crippen LogP contribution in [-0.2, 0) is 35.1 Å². The summed E-state index contributed by atoms with van der Waals surface area (Å²) in [6.07, 6.45) is 1.61. The standard InChI is InChI=1S/C26H26N4O11S3/c1-2-3-10-27-14-22(31)28-20-13-17(42(33,34)35)11-16-12-21(43(36,37)38)24(25(32)23(16)20)30-29-19-9-8-15-6-4-5-7-18(15)26(19)44(39,40)41/h4-9,11-13,27,32H,2-3,10,14H2,1H3,(H,28,31)(H,33,34,35)(H,36,37,38)(H,39,40,41). The molecule has 234 valence electrons. The van der Waals surface area contributed by atoms with Crippen LogP contribution in [0.15, 0.2) is 79.5 Å². The summed E-state index contributed by atoms with van der Waals surface area (Å²) in [5, 5.41) is 23.7. The topological polar surface area (TPSA) is 249 Å². The summed E-state index contributed by atoms with van der Waals surface area (Å²) in [4.78, 5) is 10.1. The molecule has 4 aromatic rings. The first-order valence-electron chi connectivity index (χ1n) is 12.7. The zero-order valence-electron chi connectivity index (χ0n) is 22.8. The number of unbranched alkanes of at least 4 members (excludes halogenated alkanes) is 1.